The zero-order valence-electron chi connectivity index (χ0n) is 12.0. The topological polar surface area (TPSA) is 41.6 Å². The van der Waals surface area contributed by atoms with Crippen molar-refractivity contribution >= 4 is 34.6 Å². The molecule has 112 valence electrons. The minimum absolute atomic E-state index is 0.199. The van der Waals surface area contributed by atoms with Gasteiger partial charge in [0.1, 0.15) is 0 Å². The highest BCUT2D eigenvalue weighted by atomic mass is 35.5. The number of halogens is 1. The van der Waals surface area contributed by atoms with E-state index in [4.69, 9.17) is 28.2 Å². The Kier molecular flexibility index (Phi) is 5.61. The lowest BCUT2D eigenvalue weighted by molar-refractivity contribution is -0.891. The zero-order chi connectivity index (χ0) is 15.2. The van der Waals surface area contributed by atoms with Gasteiger partial charge in [0.15, 0.2) is 16.9 Å². The molecule has 0 aliphatic heterocycles. The number of thiocarbonyl (C=S) groups is 1. The summed E-state index contributed by atoms with van der Waals surface area (Å²) in [7, 11) is 4.18. The van der Waals surface area contributed by atoms with E-state index in [1.165, 1.54) is 4.90 Å². The summed E-state index contributed by atoms with van der Waals surface area (Å²) >= 11 is 11.2. The molecule has 0 saturated heterocycles. The first-order valence-corrected chi connectivity index (χ1v) is 7.49. The Bertz CT molecular complexity index is 569. The molecule has 6 heteroatoms. The Morgan fingerprint density at radius 2 is 2.00 bits per heavy atom. The maximum absolute atomic E-state index is 5.85. The molecule has 2 aromatic rings. The quantitative estimate of drug-likeness (QED) is 0.737. The fourth-order valence-electron chi connectivity index (χ4n) is 1.98. The Morgan fingerprint density at radius 3 is 2.57 bits per heavy atom. The molecule has 0 radical (unpaired) electrons. The molecule has 1 heterocycles. The van der Waals surface area contributed by atoms with E-state index in [1.54, 1.807) is 6.26 Å². The van der Waals surface area contributed by atoms with Gasteiger partial charge in [-0.15, -0.1) is 0 Å². The SMILES string of the molecule is C[NH+](C)[C@@H](CNC(=S)Nc1ccc(Cl)cc1)c1ccco1. The summed E-state index contributed by atoms with van der Waals surface area (Å²) in [5.74, 6) is 0.941. The second-order valence-corrected chi connectivity index (χ2v) is 5.83. The van der Waals surface area contributed by atoms with Gasteiger partial charge in [0.25, 0.3) is 0 Å². The molecule has 0 amide bonds. The van der Waals surface area contributed by atoms with Crippen LogP contribution in [0.25, 0.3) is 0 Å². The predicted molar refractivity (Wildman–Crippen MR) is 89.9 cm³/mol. The van der Waals surface area contributed by atoms with Crippen LogP contribution in [0.1, 0.15) is 11.8 Å². The molecule has 4 nitrogen and oxygen atoms in total. The Hall–Kier alpha value is -1.56. The molecule has 3 N–H and O–H groups in total. The summed E-state index contributed by atoms with van der Waals surface area (Å²) in [5, 5.41) is 7.63. The summed E-state index contributed by atoms with van der Waals surface area (Å²) in [4.78, 5) is 1.27. The number of anilines is 1. The van der Waals surface area contributed by atoms with E-state index in [0.717, 1.165) is 11.4 Å². The highest BCUT2D eigenvalue weighted by molar-refractivity contribution is 7.80. The first kappa shape index (κ1) is 15.8. The largest absolute Gasteiger partial charge is 0.463 e. The van der Waals surface area contributed by atoms with Gasteiger partial charge in [0, 0.05) is 10.7 Å². The lowest BCUT2D eigenvalue weighted by atomic mass is 10.2. The lowest BCUT2D eigenvalue weighted by Crippen LogP contribution is -3.07. The van der Waals surface area contributed by atoms with Crippen molar-refractivity contribution < 1.29 is 9.32 Å². The highest BCUT2D eigenvalue weighted by Crippen LogP contribution is 2.13. The van der Waals surface area contributed by atoms with Gasteiger partial charge >= 0.3 is 0 Å². The second kappa shape index (κ2) is 7.45. The number of likely N-dealkylation sites (N-methyl/N-ethyl adjacent to an activating group) is 1. The Labute approximate surface area is 135 Å². The third-order valence-electron chi connectivity index (χ3n) is 3.15. The Balaban J connectivity index is 1.89. The third kappa shape index (κ3) is 4.74. The maximum atomic E-state index is 5.85. The molecule has 21 heavy (non-hydrogen) atoms. The molecule has 0 fully saturated rings. The summed E-state index contributed by atoms with van der Waals surface area (Å²) in [5.41, 5.74) is 0.906. The maximum Gasteiger partial charge on any atom is 0.171 e. The fraction of sp³-hybridized carbons (Fsp3) is 0.267. The van der Waals surface area contributed by atoms with Gasteiger partial charge in [0.05, 0.1) is 26.9 Å². The van der Waals surface area contributed by atoms with Crippen molar-refractivity contribution in [1.29, 1.82) is 0 Å². The summed E-state index contributed by atoms with van der Waals surface area (Å²) in [6.45, 7) is 0.690. The zero-order valence-corrected chi connectivity index (χ0v) is 13.6. The van der Waals surface area contributed by atoms with Crippen molar-refractivity contribution in [2.45, 2.75) is 6.04 Å². The summed E-state index contributed by atoms with van der Waals surface area (Å²) in [6.07, 6.45) is 1.69. The fourth-order valence-corrected chi connectivity index (χ4v) is 2.31. The molecule has 0 spiro atoms. The number of quaternary nitrogens is 1. The van der Waals surface area contributed by atoms with Gasteiger partial charge in [-0.2, -0.15) is 0 Å². The van der Waals surface area contributed by atoms with Gasteiger partial charge in [-0.05, 0) is 48.6 Å². The molecule has 0 aliphatic rings. The van der Waals surface area contributed by atoms with Crippen molar-refractivity contribution in [1.82, 2.24) is 5.32 Å². The van der Waals surface area contributed by atoms with Crippen LogP contribution in [0.5, 0.6) is 0 Å². The minimum atomic E-state index is 0.199. The molecule has 1 aromatic carbocycles. The van der Waals surface area contributed by atoms with Crippen molar-refractivity contribution in [3.05, 3.63) is 53.4 Å². The number of hydrogen-bond donors (Lipinski definition) is 3. The third-order valence-corrected chi connectivity index (χ3v) is 3.65. The normalized spacial score (nSPS) is 12.2. The number of nitrogens with one attached hydrogen (secondary N) is 3. The second-order valence-electron chi connectivity index (χ2n) is 4.99. The van der Waals surface area contributed by atoms with Crippen LogP contribution < -0.4 is 15.5 Å². The first-order valence-electron chi connectivity index (χ1n) is 6.70. The first-order chi connectivity index (χ1) is 10.1. The van der Waals surface area contributed by atoms with E-state index < -0.39 is 0 Å². The summed E-state index contributed by atoms with van der Waals surface area (Å²) in [6, 6.07) is 11.5. The average molecular weight is 325 g/mol. The van der Waals surface area contributed by atoms with E-state index in [0.29, 0.717) is 16.7 Å². The molecular formula is C15H19ClN3OS+. The Morgan fingerprint density at radius 1 is 1.29 bits per heavy atom. The van der Waals surface area contributed by atoms with Crippen LogP contribution in [0.4, 0.5) is 5.69 Å². The van der Waals surface area contributed by atoms with Crippen LogP contribution in [-0.2, 0) is 0 Å². The van der Waals surface area contributed by atoms with E-state index in [1.807, 2.05) is 36.4 Å². The van der Waals surface area contributed by atoms with Crippen molar-refractivity contribution in [3.8, 4) is 0 Å². The molecule has 0 saturated carbocycles. The van der Waals surface area contributed by atoms with Crippen molar-refractivity contribution in [2.24, 2.45) is 0 Å². The van der Waals surface area contributed by atoms with E-state index in [2.05, 4.69) is 24.7 Å². The van der Waals surface area contributed by atoms with Gasteiger partial charge in [0.2, 0.25) is 0 Å². The molecule has 0 bridgehead atoms. The molecular weight excluding hydrogens is 306 g/mol. The van der Waals surface area contributed by atoms with E-state index >= 15 is 0 Å². The van der Waals surface area contributed by atoms with Gasteiger partial charge < -0.3 is 20.0 Å². The minimum Gasteiger partial charge on any atom is -0.463 e. The van der Waals surface area contributed by atoms with Crippen LogP contribution in [0.2, 0.25) is 5.02 Å². The number of hydrogen-bond acceptors (Lipinski definition) is 2. The average Bonchev–Trinajstić information content (AvgIpc) is 2.95. The van der Waals surface area contributed by atoms with Crippen molar-refractivity contribution in [2.75, 3.05) is 26.0 Å². The van der Waals surface area contributed by atoms with Crippen LogP contribution in [0.15, 0.2) is 47.1 Å². The molecule has 0 unspecified atom stereocenters. The predicted octanol–water partition coefficient (Wildman–Crippen LogP) is 2.11. The van der Waals surface area contributed by atoms with Crippen LogP contribution >= 0.6 is 23.8 Å². The monoisotopic (exact) mass is 324 g/mol. The smallest absolute Gasteiger partial charge is 0.171 e. The van der Waals surface area contributed by atoms with Crippen LogP contribution in [-0.4, -0.2) is 25.8 Å². The van der Waals surface area contributed by atoms with Crippen LogP contribution in [0, 0.1) is 0 Å². The van der Waals surface area contributed by atoms with E-state index in [9.17, 15) is 0 Å². The number of furan rings is 1. The molecule has 1 atom stereocenters. The van der Waals surface area contributed by atoms with Crippen LogP contribution in [0.3, 0.4) is 0 Å². The van der Waals surface area contributed by atoms with E-state index in [-0.39, 0.29) is 6.04 Å². The molecule has 0 aliphatic carbocycles. The molecule has 1 aromatic heterocycles. The van der Waals surface area contributed by atoms with Gasteiger partial charge in [-0.1, -0.05) is 11.6 Å². The van der Waals surface area contributed by atoms with Gasteiger partial charge in [-0.25, -0.2) is 0 Å². The lowest BCUT2D eigenvalue weighted by Gasteiger charge is -2.20. The number of benzene rings is 1. The summed E-state index contributed by atoms with van der Waals surface area (Å²) < 4.78 is 5.48. The highest BCUT2D eigenvalue weighted by Gasteiger charge is 2.20. The standard InChI is InChI=1S/C15H18ClN3OS/c1-19(2)13(14-4-3-9-20-14)10-17-15(21)18-12-7-5-11(16)6-8-12/h3-9,13H,10H2,1-2H3,(H2,17,18,21)/p+1/t13-/m0/s1. The number of rotatable bonds is 5. The molecule has 2 rings (SSSR count). The van der Waals surface area contributed by atoms with Crippen molar-refractivity contribution in [3.63, 3.8) is 0 Å². The van der Waals surface area contributed by atoms with Gasteiger partial charge in [-0.3, -0.25) is 0 Å².